The van der Waals surface area contributed by atoms with Gasteiger partial charge in [0.05, 0.1) is 12.3 Å². The molecular formula is C24H29N3O2. The van der Waals surface area contributed by atoms with E-state index in [2.05, 4.69) is 34.3 Å². The van der Waals surface area contributed by atoms with Gasteiger partial charge in [-0.2, -0.15) is 0 Å². The monoisotopic (exact) mass is 391 g/mol. The first kappa shape index (κ1) is 18.5. The van der Waals surface area contributed by atoms with Crippen LogP contribution in [0.4, 0.5) is 0 Å². The maximum absolute atomic E-state index is 13.0. The topological polar surface area (TPSA) is 61.3 Å². The fourth-order valence-corrected chi connectivity index (χ4v) is 4.97. The molecule has 1 amide bonds. The van der Waals surface area contributed by atoms with E-state index in [9.17, 15) is 4.79 Å². The average Bonchev–Trinajstić information content (AvgIpc) is 3.49. The van der Waals surface area contributed by atoms with E-state index in [0.29, 0.717) is 12.5 Å². The summed E-state index contributed by atoms with van der Waals surface area (Å²) in [4.78, 5) is 18.9. The average molecular weight is 392 g/mol. The van der Waals surface area contributed by atoms with E-state index < -0.39 is 0 Å². The van der Waals surface area contributed by atoms with Crippen LogP contribution in [0.1, 0.15) is 59.6 Å². The molecule has 1 fully saturated rings. The number of likely N-dealkylation sites (tertiary alicyclic amines) is 1. The molecular weight excluding hydrogens is 362 g/mol. The lowest BCUT2D eigenvalue weighted by Gasteiger charge is -2.26. The molecule has 1 saturated heterocycles. The lowest BCUT2D eigenvalue weighted by atomic mass is 9.87. The fraction of sp³-hybridized carbons (Fsp3) is 0.458. The summed E-state index contributed by atoms with van der Waals surface area (Å²) in [7, 11) is 0. The van der Waals surface area contributed by atoms with Crippen molar-refractivity contribution in [3.63, 3.8) is 0 Å². The Bertz CT molecular complexity index is 999. The van der Waals surface area contributed by atoms with E-state index in [1.165, 1.54) is 35.9 Å². The number of furan rings is 1. The van der Waals surface area contributed by atoms with Crippen molar-refractivity contribution in [3.8, 4) is 0 Å². The number of aromatic nitrogens is 1. The van der Waals surface area contributed by atoms with Gasteiger partial charge in [0.25, 0.3) is 5.91 Å². The maximum atomic E-state index is 13.0. The Morgan fingerprint density at radius 1 is 1.31 bits per heavy atom. The highest BCUT2D eigenvalue weighted by molar-refractivity contribution is 5.99. The minimum absolute atomic E-state index is 0.0125. The van der Waals surface area contributed by atoms with E-state index >= 15 is 0 Å². The summed E-state index contributed by atoms with van der Waals surface area (Å²) in [5.41, 5.74) is 4.63. The van der Waals surface area contributed by atoms with E-state index in [4.69, 9.17) is 4.42 Å². The van der Waals surface area contributed by atoms with Crippen molar-refractivity contribution < 1.29 is 9.21 Å². The van der Waals surface area contributed by atoms with Crippen molar-refractivity contribution in [2.45, 2.75) is 45.1 Å². The van der Waals surface area contributed by atoms with Gasteiger partial charge >= 0.3 is 0 Å². The number of nitrogens with one attached hydrogen (secondary N) is 2. The number of hydrogen-bond donors (Lipinski definition) is 2. The molecule has 0 saturated carbocycles. The zero-order chi connectivity index (χ0) is 19.8. The fourth-order valence-electron chi connectivity index (χ4n) is 4.97. The highest BCUT2D eigenvalue weighted by atomic mass is 16.3. The van der Waals surface area contributed by atoms with Gasteiger partial charge in [-0.15, -0.1) is 0 Å². The van der Waals surface area contributed by atoms with Gasteiger partial charge in [0, 0.05) is 28.7 Å². The Morgan fingerprint density at radius 2 is 2.17 bits per heavy atom. The Kier molecular flexibility index (Phi) is 4.92. The number of aryl methyl sites for hydroxylation is 1. The standard InChI is InChI=1S/C24H29N3O2/c1-16-6-8-20-18(13-16)19-14-17(7-9-21(19)26-20)24(28)25-15-22(23-5-4-12-29-23)27-10-2-3-11-27/h4-5,7,9,12,14,16,22,26H,2-3,6,8,10-11,13,15H2,1H3,(H,25,28)/t16-,22-/m0/s1. The number of H-pyrrole nitrogens is 1. The number of amides is 1. The Hall–Kier alpha value is -2.53. The Labute approximate surface area is 171 Å². The largest absolute Gasteiger partial charge is 0.468 e. The van der Waals surface area contributed by atoms with E-state index in [0.717, 1.165) is 42.8 Å². The summed E-state index contributed by atoms with van der Waals surface area (Å²) >= 11 is 0. The van der Waals surface area contributed by atoms with Crippen LogP contribution in [0.3, 0.4) is 0 Å². The number of nitrogens with zero attached hydrogens (tertiary/aromatic N) is 1. The molecule has 2 N–H and O–H groups in total. The van der Waals surface area contributed by atoms with E-state index in [-0.39, 0.29) is 11.9 Å². The molecule has 0 radical (unpaired) electrons. The minimum atomic E-state index is -0.0125. The summed E-state index contributed by atoms with van der Waals surface area (Å²) in [6.45, 7) is 4.99. The van der Waals surface area contributed by atoms with Crippen molar-refractivity contribution in [2.75, 3.05) is 19.6 Å². The molecule has 29 heavy (non-hydrogen) atoms. The first-order valence-electron chi connectivity index (χ1n) is 10.9. The van der Waals surface area contributed by atoms with Crippen molar-refractivity contribution in [2.24, 2.45) is 5.92 Å². The molecule has 1 aromatic carbocycles. The lowest BCUT2D eigenvalue weighted by Crippen LogP contribution is -2.36. The number of fused-ring (bicyclic) bond motifs is 3. The van der Waals surface area contributed by atoms with Gasteiger partial charge in [-0.3, -0.25) is 9.69 Å². The SMILES string of the molecule is C[C@H]1CCc2[nH]c3ccc(C(=O)NC[C@@H](c4ccco4)N4CCCC4)cc3c2C1. The van der Waals surface area contributed by atoms with Gasteiger partial charge in [-0.05, 0) is 87.0 Å². The van der Waals surface area contributed by atoms with Crippen LogP contribution < -0.4 is 5.32 Å². The zero-order valence-corrected chi connectivity index (χ0v) is 17.0. The van der Waals surface area contributed by atoms with Crippen LogP contribution in [-0.2, 0) is 12.8 Å². The van der Waals surface area contributed by atoms with Crippen LogP contribution >= 0.6 is 0 Å². The molecule has 1 aliphatic carbocycles. The van der Waals surface area contributed by atoms with Crippen LogP contribution in [-0.4, -0.2) is 35.4 Å². The summed E-state index contributed by atoms with van der Waals surface area (Å²) in [6.07, 6.45) is 7.56. The zero-order valence-electron chi connectivity index (χ0n) is 17.0. The summed E-state index contributed by atoms with van der Waals surface area (Å²) in [5.74, 6) is 1.62. The summed E-state index contributed by atoms with van der Waals surface area (Å²) < 4.78 is 5.67. The molecule has 0 bridgehead atoms. The molecule has 152 valence electrons. The first-order valence-corrected chi connectivity index (χ1v) is 10.9. The van der Waals surface area contributed by atoms with Gasteiger partial charge in [0.1, 0.15) is 5.76 Å². The number of aromatic amines is 1. The second kappa shape index (κ2) is 7.71. The first-order chi connectivity index (χ1) is 14.2. The van der Waals surface area contributed by atoms with Crippen LogP contribution in [0.5, 0.6) is 0 Å². The number of carbonyl (C=O) groups is 1. The molecule has 0 unspecified atom stereocenters. The highest BCUT2D eigenvalue weighted by Crippen LogP contribution is 2.32. The van der Waals surface area contributed by atoms with Crippen molar-refractivity contribution in [3.05, 3.63) is 59.2 Å². The molecule has 0 spiro atoms. The van der Waals surface area contributed by atoms with Gasteiger partial charge in [-0.25, -0.2) is 0 Å². The summed E-state index contributed by atoms with van der Waals surface area (Å²) in [6, 6.07) is 10.1. The molecule has 2 aliphatic rings. The van der Waals surface area contributed by atoms with Crippen molar-refractivity contribution >= 4 is 16.8 Å². The molecule has 3 heterocycles. The number of benzene rings is 1. The van der Waals surface area contributed by atoms with Crippen molar-refractivity contribution in [1.82, 2.24) is 15.2 Å². The number of hydrogen-bond acceptors (Lipinski definition) is 3. The molecule has 2 atom stereocenters. The molecule has 2 aromatic heterocycles. The minimum Gasteiger partial charge on any atom is -0.468 e. The number of rotatable bonds is 5. The van der Waals surface area contributed by atoms with Crippen LogP contribution in [0.2, 0.25) is 0 Å². The molecule has 3 aromatic rings. The van der Waals surface area contributed by atoms with Crippen molar-refractivity contribution in [1.29, 1.82) is 0 Å². The van der Waals surface area contributed by atoms with Gasteiger partial charge in [0.15, 0.2) is 0 Å². The Morgan fingerprint density at radius 3 is 2.97 bits per heavy atom. The molecule has 5 heteroatoms. The number of carbonyl (C=O) groups excluding carboxylic acids is 1. The second-order valence-electron chi connectivity index (χ2n) is 8.67. The van der Waals surface area contributed by atoms with Gasteiger partial charge in [0.2, 0.25) is 0 Å². The van der Waals surface area contributed by atoms with E-state index in [1.54, 1.807) is 6.26 Å². The Balaban J connectivity index is 1.35. The normalized spacial score (nSPS) is 20.7. The molecule has 5 rings (SSSR count). The maximum Gasteiger partial charge on any atom is 0.251 e. The second-order valence-corrected chi connectivity index (χ2v) is 8.67. The molecule has 1 aliphatic heterocycles. The third-order valence-corrected chi connectivity index (χ3v) is 6.61. The predicted molar refractivity (Wildman–Crippen MR) is 114 cm³/mol. The van der Waals surface area contributed by atoms with E-state index in [1.807, 2.05) is 18.2 Å². The van der Waals surface area contributed by atoms with Crippen LogP contribution in [0.15, 0.2) is 41.0 Å². The smallest absolute Gasteiger partial charge is 0.251 e. The predicted octanol–water partition coefficient (Wildman–Crippen LogP) is 4.45. The highest BCUT2D eigenvalue weighted by Gasteiger charge is 2.26. The lowest BCUT2D eigenvalue weighted by molar-refractivity contribution is 0.0934. The molecule has 5 nitrogen and oxygen atoms in total. The van der Waals surface area contributed by atoms with Crippen LogP contribution in [0, 0.1) is 5.92 Å². The third-order valence-electron chi connectivity index (χ3n) is 6.61. The quantitative estimate of drug-likeness (QED) is 0.675. The third kappa shape index (κ3) is 3.60. The van der Waals surface area contributed by atoms with Crippen LogP contribution in [0.25, 0.3) is 10.9 Å². The summed E-state index contributed by atoms with van der Waals surface area (Å²) in [5, 5.41) is 4.37. The van der Waals surface area contributed by atoms with Gasteiger partial charge < -0.3 is 14.7 Å². The van der Waals surface area contributed by atoms with Gasteiger partial charge in [-0.1, -0.05) is 6.92 Å².